The van der Waals surface area contributed by atoms with Crippen molar-refractivity contribution in [2.24, 2.45) is 0 Å². The fraction of sp³-hybridized carbons (Fsp3) is 0.167. The van der Waals surface area contributed by atoms with Crippen LogP contribution in [0.2, 0.25) is 5.02 Å². The molecule has 3 aromatic carbocycles. The monoisotopic (exact) mass is 433 g/mol. The third-order valence-electron chi connectivity index (χ3n) is 4.97. The molecule has 0 aliphatic carbocycles. The lowest BCUT2D eigenvalue weighted by Crippen LogP contribution is -2.34. The molecule has 2 N–H and O–H groups in total. The minimum Gasteiger partial charge on any atom is -0.337 e. The fourth-order valence-electron chi connectivity index (χ4n) is 3.31. The van der Waals surface area contributed by atoms with E-state index in [-0.39, 0.29) is 6.03 Å². The molecule has 1 aromatic heterocycles. The van der Waals surface area contributed by atoms with Crippen LogP contribution >= 0.6 is 11.6 Å². The summed E-state index contributed by atoms with van der Waals surface area (Å²) >= 11 is 6.02. The average molecular weight is 434 g/mol. The van der Waals surface area contributed by atoms with Gasteiger partial charge in [0.1, 0.15) is 6.33 Å². The maximum atomic E-state index is 12.0. The summed E-state index contributed by atoms with van der Waals surface area (Å²) < 4.78 is 2.04. The highest BCUT2D eigenvalue weighted by atomic mass is 35.5. The number of nitrogens with one attached hydrogen (secondary N) is 2. The Morgan fingerprint density at radius 3 is 2.42 bits per heavy atom. The molecule has 7 heteroatoms. The molecule has 0 radical (unpaired) electrons. The lowest BCUT2D eigenvalue weighted by atomic mass is 10.0. The predicted molar refractivity (Wildman–Crippen MR) is 127 cm³/mol. The van der Waals surface area contributed by atoms with Crippen molar-refractivity contribution in [3.05, 3.63) is 78.1 Å². The molecule has 0 fully saturated rings. The van der Waals surface area contributed by atoms with Crippen LogP contribution in [-0.4, -0.2) is 47.7 Å². The van der Waals surface area contributed by atoms with Gasteiger partial charge in [0.2, 0.25) is 0 Å². The zero-order valence-corrected chi connectivity index (χ0v) is 18.2. The number of hydrogen-bond donors (Lipinski definition) is 2. The quantitative estimate of drug-likeness (QED) is 0.448. The van der Waals surface area contributed by atoms with Gasteiger partial charge >= 0.3 is 6.03 Å². The molecule has 1 heterocycles. The number of likely N-dealkylation sites (N-methyl/N-ethyl adjacent to an activating group) is 1. The zero-order chi connectivity index (χ0) is 21.8. The van der Waals surface area contributed by atoms with E-state index in [0.29, 0.717) is 11.6 Å². The van der Waals surface area contributed by atoms with Gasteiger partial charge in [0.15, 0.2) is 0 Å². The van der Waals surface area contributed by atoms with Gasteiger partial charge in [-0.15, -0.1) is 0 Å². The SMILES string of the molecule is CN(C)CCNC(=O)Nc1ccc(-c2ccc3ncn(-c4ccc(Cl)cc4)c3c2)cc1. The van der Waals surface area contributed by atoms with Crippen LogP contribution in [0.3, 0.4) is 0 Å². The van der Waals surface area contributed by atoms with Crippen molar-refractivity contribution in [2.75, 3.05) is 32.5 Å². The first-order valence-electron chi connectivity index (χ1n) is 10.0. The second-order valence-corrected chi connectivity index (χ2v) is 7.99. The first-order chi connectivity index (χ1) is 15.0. The Hall–Kier alpha value is -3.35. The normalized spacial score (nSPS) is 11.1. The Morgan fingerprint density at radius 1 is 1.00 bits per heavy atom. The number of halogens is 1. The third-order valence-corrected chi connectivity index (χ3v) is 5.22. The Bertz CT molecular complexity index is 1180. The minimum atomic E-state index is -0.206. The Kier molecular flexibility index (Phi) is 6.21. The number of fused-ring (bicyclic) bond motifs is 1. The second kappa shape index (κ2) is 9.20. The van der Waals surface area contributed by atoms with E-state index in [2.05, 4.69) is 27.8 Å². The van der Waals surface area contributed by atoms with E-state index in [1.807, 2.05) is 84.5 Å². The van der Waals surface area contributed by atoms with Gasteiger partial charge in [-0.05, 0) is 73.8 Å². The van der Waals surface area contributed by atoms with Gasteiger partial charge in [-0.3, -0.25) is 4.57 Å². The van der Waals surface area contributed by atoms with Crippen LogP contribution in [0, 0.1) is 0 Å². The number of anilines is 1. The highest BCUT2D eigenvalue weighted by Gasteiger charge is 2.08. The predicted octanol–water partition coefficient (Wildman–Crippen LogP) is 5.03. The molecule has 4 aromatic rings. The molecule has 0 aliphatic rings. The smallest absolute Gasteiger partial charge is 0.319 e. The van der Waals surface area contributed by atoms with Gasteiger partial charge in [0.25, 0.3) is 0 Å². The first-order valence-corrected chi connectivity index (χ1v) is 10.4. The van der Waals surface area contributed by atoms with Crippen LogP contribution in [0.25, 0.3) is 27.8 Å². The summed E-state index contributed by atoms with van der Waals surface area (Å²) in [6.45, 7) is 1.39. The highest BCUT2D eigenvalue weighted by molar-refractivity contribution is 6.30. The Morgan fingerprint density at radius 2 is 1.71 bits per heavy atom. The molecule has 4 rings (SSSR count). The Balaban J connectivity index is 1.51. The Labute approximate surface area is 186 Å². The van der Waals surface area contributed by atoms with Crippen molar-refractivity contribution in [3.8, 4) is 16.8 Å². The number of imidazole rings is 1. The minimum absolute atomic E-state index is 0.206. The molecule has 2 amide bonds. The summed E-state index contributed by atoms with van der Waals surface area (Å²) in [5.41, 5.74) is 5.82. The summed E-state index contributed by atoms with van der Waals surface area (Å²) in [6.07, 6.45) is 1.82. The van der Waals surface area contributed by atoms with E-state index in [9.17, 15) is 4.79 Å². The average Bonchev–Trinajstić information content (AvgIpc) is 3.18. The second-order valence-electron chi connectivity index (χ2n) is 7.56. The van der Waals surface area contributed by atoms with Crippen LogP contribution in [0.5, 0.6) is 0 Å². The number of carbonyl (C=O) groups is 1. The van der Waals surface area contributed by atoms with Crippen molar-refractivity contribution in [2.45, 2.75) is 0 Å². The zero-order valence-electron chi connectivity index (χ0n) is 17.5. The third kappa shape index (κ3) is 5.05. The molecule has 0 saturated carbocycles. The van der Waals surface area contributed by atoms with Crippen LogP contribution in [0.4, 0.5) is 10.5 Å². The molecular formula is C24H24ClN5O. The van der Waals surface area contributed by atoms with Crippen LogP contribution in [0.1, 0.15) is 0 Å². The molecule has 0 saturated heterocycles. The molecule has 0 atom stereocenters. The van der Waals surface area contributed by atoms with E-state index in [1.165, 1.54) is 0 Å². The van der Waals surface area contributed by atoms with Crippen molar-refractivity contribution >= 4 is 34.4 Å². The topological polar surface area (TPSA) is 62.2 Å². The number of nitrogens with zero attached hydrogens (tertiary/aromatic N) is 3. The van der Waals surface area contributed by atoms with Crippen molar-refractivity contribution in [3.63, 3.8) is 0 Å². The number of urea groups is 1. The number of aromatic nitrogens is 2. The number of amides is 2. The lowest BCUT2D eigenvalue weighted by molar-refractivity contribution is 0.250. The summed E-state index contributed by atoms with van der Waals surface area (Å²) in [4.78, 5) is 18.5. The number of carbonyl (C=O) groups excluding carboxylic acids is 1. The van der Waals surface area contributed by atoms with E-state index < -0.39 is 0 Å². The fourth-order valence-corrected chi connectivity index (χ4v) is 3.44. The first kappa shape index (κ1) is 20.9. The molecule has 158 valence electrons. The van der Waals surface area contributed by atoms with E-state index in [4.69, 9.17) is 11.6 Å². The lowest BCUT2D eigenvalue weighted by Gasteiger charge is -2.11. The molecule has 0 unspecified atom stereocenters. The highest BCUT2D eigenvalue weighted by Crippen LogP contribution is 2.27. The van der Waals surface area contributed by atoms with Crippen molar-refractivity contribution in [1.82, 2.24) is 19.8 Å². The molecule has 6 nitrogen and oxygen atoms in total. The van der Waals surface area contributed by atoms with E-state index in [1.54, 1.807) is 0 Å². The van der Waals surface area contributed by atoms with Gasteiger partial charge in [-0.2, -0.15) is 0 Å². The summed E-state index contributed by atoms with van der Waals surface area (Å²) in [6, 6.07) is 21.5. The molecular weight excluding hydrogens is 410 g/mol. The molecule has 0 spiro atoms. The van der Waals surface area contributed by atoms with Gasteiger partial charge in [0.05, 0.1) is 11.0 Å². The summed E-state index contributed by atoms with van der Waals surface area (Å²) in [5.74, 6) is 0. The van der Waals surface area contributed by atoms with Crippen LogP contribution in [-0.2, 0) is 0 Å². The maximum Gasteiger partial charge on any atom is 0.319 e. The number of hydrogen-bond acceptors (Lipinski definition) is 3. The number of benzene rings is 3. The van der Waals surface area contributed by atoms with Crippen molar-refractivity contribution in [1.29, 1.82) is 0 Å². The molecule has 0 aliphatic heterocycles. The van der Waals surface area contributed by atoms with E-state index in [0.717, 1.165) is 40.1 Å². The van der Waals surface area contributed by atoms with Gasteiger partial charge in [0, 0.05) is 29.5 Å². The summed E-state index contributed by atoms with van der Waals surface area (Å²) in [7, 11) is 3.94. The van der Waals surface area contributed by atoms with E-state index >= 15 is 0 Å². The standard InChI is InChI=1S/C24H24ClN5O/c1-29(2)14-13-26-24(31)28-20-8-3-17(4-9-20)18-5-12-22-23(15-18)30(16-27-22)21-10-6-19(25)7-11-21/h3-12,15-16H,13-14H2,1-2H3,(H2,26,28,31). The van der Waals surface area contributed by atoms with Crippen LogP contribution < -0.4 is 10.6 Å². The van der Waals surface area contributed by atoms with Crippen LogP contribution in [0.15, 0.2) is 73.1 Å². The summed E-state index contributed by atoms with van der Waals surface area (Å²) in [5, 5.41) is 6.41. The van der Waals surface area contributed by atoms with Gasteiger partial charge in [-0.1, -0.05) is 29.8 Å². The number of rotatable bonds is 6. The molecule has 0 bridgehead atoms. The van der Waals surface area contributed by atoms with Gasteiger partial charge < -0.3 is 15.5 Å². The maximum absolute atomic E-state index is 12.0. The van der Waals surface area contributed by atoms with Crippen molar-refractivity contribution < 1.29 is 4.79 Å². The largest absolute Gasteiger partial charge is 0.337 e. The molecule has 31 heavy (non-hydrogen) atoms. The van der Waals surface area contributed by atoms with Gasteiger partial charge in [-0.25, -0.2) is 9.78 Å².